The first-order valence-corrected chi connectivity index (χ1v) is 5.43. The number of furan rings is 1. The van der Waals surface area contributed by atoms with E-state index in [0.29, 0.717) is 17.6 Å². The van der Waals surface area contributed by atoms with Gasteiger partial charge in [0.25, 0.3) is 0 Å². The van der Waals surface area contributed by atoms with Gasteiger partial charge in [-0.25, -0.2) is 4.79 Å². The fraction of sp³-hybridized carbons (Fsp3) is 0.143. The third-order valence-electron chi connectivity index (χ3n) is 2.96. The lowest BCUT2D eigenvalue weighted by Crippen LogP contribution is -2.02. The molecule has 1 N–H and O–H groups in total. The summed E-state index contributed by atoms with van der Waals surface area (Å²) in [4.78, 5) is 21.8. The molecular formula is C14H12O4. The molecule has 0 saturated heterocycles. The predicted molar refractivity (Wildman–Crippen MR) is 66.0 cm³/mol. The highest BCUT2D eigenvalue weighted by Crippen LogP contribution is 2.30. The van der Waals surface area contributed by atoms with Gasteiger partial charge in [0, 0.05) is 5.56 Å². The number of rotatable bonds is 3. The summed E-state index contributed by atoms with van der Waals surface area (Å²) >= 11 is 0. The molecule has 0 aliphatic heterocycles. The van der Waals surface area contributed by atoms with Crippen LogP contribution in [0.4, 0.5) is 0 Å². The molecule has 0 saturated carbocycles. The van der Waals surface area contributed by atoms with Crippen molar-refractivity contribution in [2.45, 2.75) is 13.8 Å². The summed E-state index contributed by atoms with van der Waals surface area (Å²) < 4.78 is 5.31. The van der Waals surface area contributed by atoms with Gasteiger partial charge in [-0.15, -0.1) is 0 Å². The standard InChI is InChI=1S/C14H12O4/c1-8-3-5-11(14(16)17)13(9(8)2)12-6-4-10(7-15)18-12/h3-7H,1-2H3,(H,16,17). The van der Waals surface area contributed by atoms with Crippen molar-refractivity contribution in [3.63, 3.8) is 0 Å². The Bertz CT molecular complexity index is 623. The number of aryl methyl sites for hydroxylation is 1. The highest BCUT2D eigenvalue weighted by atomic mass is 16.4. The molecule has 4 heteroatoms. The predicted octanol–water partition coefficient (Wildman–Crippen LogP) is 3.07. The first-order valence-electron chi connectivity index (χ1n) is 5.43. The van der Waals surface area contributed by atoms with E-state index in [2.05, 4.69) is 0 Å². The minimum Gasteiger partial charge on any atom is -0.478 e. The Balaban J connectivity index is 2.71. The van der Waals surface area contributed by atoms with Crippen LogP contribution in [0, 0.1) is 13.8 Å². The third kappa shape index (κ3) is 1.93. The second-order valence-corrected chi connectivity index (χ2v) is 4.06. The quantitative estimate of drug-likeness (QED) is 0.842. The van der Waals surface area contributed by atoms with Crippen molar-refractivity contribution in [1.29, 1.82) is 0 Å². The van der Waals surface area contributed by atoms with E-state index in [1.54, 1.807) is 18.2 Å². The topological polar surface area (TPSA) is 67.5 Å². The molecule has 2 rings (SSSR count). The summed E-state index contributed by atoms with van der Waals surface area (Å²) in [5.74, 6) is -0.435. The lowest BCUT2D eigenvalue weighted by Gasteiger charge is -2.09. The van der Waals surface area contributed by atoms with Crippen LogP contribution in [-0.2, 0) is 0 Å². The Morgan fingerprint density at radius 2 is 1.94 bits per heavy atom. The number of carboxylic acids is 1. The van der Waals surface area contributed by atoms with Crippen LogP contribution in [0.25, 0.3) is 11.3 Å². The molecule has 0 aliphatic carbocycles. The molecular weight excluding hydrogens is 232 g/mol. The molecule has 0 bridgehead atoms. The number of carbonyl (C=O) groups excluding carboxylic acids is 1. The maximum absolute atomic E-state index is 11.2. The molecule has 4 nitrogen and oxygen atoms in total. The van der Waals surface area contributed by atoms with Gasteiger partial charge in [-0.3, -0.25) is 4.79 Å². The average Bonchev–Trinajstić information content (AvgIpc) is 2.80. The summed E-state index contributed by atoms with van der Waals surface area (Å²) in [5, 5.41) is 9.20. The number of carbonyl (C=O) groups is 2. The summed E-state index contributed by atoms with van der Waals surface area (Å²) in [7, 11) is 0. The van der Waals surface area contributed by atoms with Gasteiger partial charge in [0.1, 0.15) is 5.76 Å². The Morgan fingerprint density at radius 1 is 1.22 bits per heavy atom. The molecule has 0 radical (unpaired) electrons. The van der Waals surface area contributed by atoms with Crippen LogP contribution in [0.2, 0.25) is 0 Å². The van der Waals surface area contributed by atoms with Gasteiger partial charge in [0.2, 0.25) is 0 Å². The van der Waals surface area contributed by atoms with Gasteiger partial charge in [0.15, 0.2) is 12.0 Å². The molecule has 92 valence electrons. The Kier molecular flexibility index (Phi) is 3.02. The monoisotopic (exact) mass is 244 g/mol. The zero-order valence-electron chi connectivity index (χ0n) is 10.1. The molecule has 2 aromatic rings. The van der Waals surface area contributed by atoms with Crippen LogP contribution < -0.4 is 0 Å². The van der Waals surface area contributed by atoms with Crippen LogP contribution in [-0.4, -0.2) is 17.4 Å². The number of benzene rings is 1. The number of hydrogen-bond acceptors (Lipinski definition) is 3. The SMILES string of the molecule is Cc1ccc(C(=O)O)c(-c2ccc(C=O)o2)c1C. The molecule has 1 aromatic carbocycles. The van der Waals surface area contributed by atoms with E-state index < -0.39 is 5.97 Å². The number of carboxylic acid groups (broad SMARTS) is 1. The Labute approximate surface area is 104 Å². The van der Waals surface area contributed by atoms with E-state index >= 15 is 0 Å². The van der Waals surface area contributed by atoms with Crippen LogP contribution in [0.15, 0.2) is 28.7 Å². The molecule has 18 heavy (non-hydrogen) atoms. The Morgan fingerprint density at radius 3 is 2.50 bits per heavy atom. The van der Waals surface area contributed by atoms with E-state index in [4.69, 9.17) is 4.42 Å². The smallest absolute Gasteiger partial charge is 0.336 e. The number of aldehydes is 1. The Hall–Kier alpha value is -2.36. The fourth-order valence-electron chi connectivity index (χ4n) is 1.86. The van der Waals surface area contributed by atoms with Crippen molar-refractivity contribution in [2.24, 2.45) is 0 Å². The maximum atomic E-state index is 11.2. The second-order valence-electron chi connectivity index (χ2n) is 4.06. The van der Waals surface area contributed by atoms with Crippen molar-refractivity contribution < 1.29 is 19.1 Å². The normalized spacial score (nSPS) is 10.3. The summed E-state index contributed by atoms with van der Waals surface area (Å²) in [6, 6.07) is 6.43. The van der Waals surface area contributed by atoms with Crippen molar-refractivity contribution in [2.75, 3.05) is 0 Å². The third-order valence-corrected chi connectivity index (χ3v) is 2.96. The minimum absolute atomic E-state index is 0.171. The van der Waals surface area contributed by atoms with E-state index in [-0.39, 0.29) is 11.3 Å². The average molecular weight is 244 g/mol. The highest BCUT2D eigenvalue weighted by molar-refractivity contribution is 5.96. The molecule has 0 amide bonds. The van der Waals surface area contributed by atoms with Crippen molar-refractivity contribution in [1.82, 2.24) is 0 Å². The van der Waals surface area contributed by atoms with Crippen molar-refractivity contribution >= 4 is 12.3 Å². The van der Waals surface area contributed by atoms with Crippen LogP contribution in [0.3, 0.4) is 0 Å². The number of hydrogen-bond donors (Lipinski definition) is 1. The molecule has 0 spiro atoms. The molecule has 1 aromatic heterocycles. The van der Waals surface area contributed by atoms with E-state index in [9.17, 15) is 14.7 Å². The van der Waals surface area contributed by atoms with Gasteiger partial charge >= 0.3 is 5.97 Å². The van der Waals surface area contributed by atoms with Gasteiger partial charge in [0.05, 0.1) is 5.56 Å². The zero-order valence-corrected chi connectivity index (χ0v) is 10.1. The van der Waals surface area contributed by atoms with Crippen LogP contribution in [0.5, 0.6) is 0 Å². The van der Waals surface area contributed by atoms with E-state index in [1.807, 2.05) is 13.8 Å². The first-order chi connectivity index (χ1) is 8.54. The van der Waals surface area contributed by atoms with E-state index in [0.717, 1.165) is 11.1 Å². The first kappa shape index (κ1) is 12.1. The van der Waals surface area contributed by atoms with Crippen molar-refractivity contribution in [3.05, 3.63) is 46.7 Å². The molecule has 0 unspecified atom stereocenters. The fourth-order valence-corrected chi connectivity index (χ4v) is 1.86. The van der Waals surface area contributed by atoms with Crippen LogP contribution >= 0.6 is 0 Å². The minimum atomic E-state index is -1.02. The van der Waals surface area contributed by atoms with Gasteiger partial charge in [-0.05, 0) is 43.2 Å². The summed E-state index contributed by atoms with van der Waals surface area (Å²) in [6.45, 7) is 3.73. The zero-order chi connectivity index (χ0) is 13.3. The largest absolute Gasteiger partial charge is 0.478 e. The second kappa shape index (κ2) is 4.49. The lowest BCUT2D eigenvalue weighted by molar-refractivity contribution is 0.0697. The molecule has 0 atom stereocenters. The maximum Gasteiger partial charge on any atom is 0.336 e. The van der Waals surface area contributed by atoms with Gasteiger partial charge in [-0.1, -0.05) is 6.07 Å². The van der Waals surface area contributed by atoms with Crippen LogP contribution in [0.1, 0.15) is 32.0 Å². The molecule has 1 heterocycles. The lowest BCUT2D eigenvalue weighted by atomic mass is 9.96. The van der Waals surface area contributed by atoms with E-state index in [1.165, 1.54) is 6.07 Å². The van der Waals surface area contributed by atoms with Gasteiger partial charge < -0.3 is 9.52 Å². The summed E-state index contributed by atoms with van der Waals surface area (Å²) in [6.07, 6.45) is 0.592. The highest BCUT2D eigenvalue weighted by Gasteiger charge is 2.18. The molecule has 0 fully saturated rings. The molecule has 0 aliphatic rings. The summed E-state index contributed by atoms with van der Waals surface area (Å²) in [5.41, 5.74) is 2.50. The number of aromatic carboxylic acids is 1. The van der Waals surface area contributed by atoms with Crippen molar-refractivity contribution in [3.8, 4) is 11.3 Å². The van der Waals surface area contributed by atoms with Gasteiger partial charge in [-0.2, -0.15) is 0 Å².